The van der Waals surface area contributed by atoms with Crippen molar-refractivity contribution in [3.05, 3.63) is 29.8 Å². The summed E-state index contributed by atoms with van der Waals surface area (Å²) in [5, 5.41) is 5.98. The third-order valence-electron chi connectivity index (χ3n) is 3.97. The van der Waals surface area contributed by atoms with Crippen LogP contribution in [0.4, 0.5) is 5.69 Å². The van der Waals surface area contributed by atoms with Gasteiger partial charge in [0.15, 0.2) is 10.9 Å². The first-order chi connectivity index (χ1) is 9.97. The first-order valence-electron chi connectivity index (χ1n) is 7.44. The number of hydrazine groups is 1. The van der Waals surface area contributed by atoms with Crippen LogP contribution in [-0.2, 0) is 0 Å². The van der Waals surface area contributed by atoms with Crippen LogP contribution in [0.2, 0.25) is 0 Å². The average molecular weight is 305 g/mol. The molecule has 1 saturated heterocycles. The topological polar surface area (TPSA) is 44.4 Å². The SMILES string of the molecule is CC(=O)c1ccc(NC(=S)NN2[C@H](C)CCC[C@H]2C)cc1. The zero-order valence-electron chi connectivity index (χ0n) is 12.8. The zero-order valence-corrected chi connectivity index (χ0v) is 13.7. The first-order valence-corrected chi connectivity index (χ1v) is 7.85. The average Bonchev–Trinajstić information content (AvgIpc) is 2.43. The Balaban J connectivity index is 1.93. The van der Waals surface area contributed by atoms with Crippen LogP contribution in [0.5, 0.6) is 0 Å². The third-order valence-corrected chi connectivity index (χ3v) is 4.17. The predicted molar refractivity (Wildman–Crippen MR) is 90.4 cm³/mol. The molecule has 21 heavy (non-hydrogen) atoms. The van der Waals surface area contributed by atoms with Gasteiger partial charge >= 0.3 is 0 Å². The highest BCUT2D eigenvalue weighted by Crippen LogP contribution is 2.20. The number of nitrogens with one attached hydrogen (secondary N) is 2. The smallest absolute Gasteiger partial charge is 0.185 e. The fraction of sp³-hybridized carbons (Fsp3) is 0.500. The molecule has 0 aromatic heterocycles. The summed E-state index contributed by atoms with van der Waals surface area (Å²) in [6, 6.07) is 8.31. The molecule has 4 nitrogen and oxygen atoms in total. The standard InChI is InChI=1S/C16H23N3OS/c1-11-5-4-6-12(2)19(11)18-16(21)17-15-9-7-14(8-10-15)13(3)20/h7-12H,4-6H2,1-3H3,(H2,17,18,21)/t11-,12-/m1/s1. The zero-order chi connectivity index (χ0) is 15.4. The van der Waals surface area contributed by atoms with Crippen LogP contribution >= 0.6 is 12.2 Å². The highest BCUT2D eigenvalue weighted by molar-refractivity contribution is 7.80. The van der Waals surface area contributed by atoms with E-state index >= 15 is 0 Å². The number of thiocarbonyl (C=S) groups is 1. The molecular formula is C16H23N3OS. The van der Waals surface area contributed by atoms with E-state index in [-0.39, 0.29) is 5.78 Å². The van der Waals surface area contributed by atoms with Crippen LogP contribution in [0.15, 0.2) is 24.3 Å². The molecule has 0 saturated carbocycles. The molecule has 1 aromatic carbocycles. The lowest BCUT2D eigenvalue weighted by atomic mass is 10.00. The molecule has 0 radical (unpaired) electrons. The molecule has 1 aromatic rings. The van der Waals surface area contributed by atoms with Gasteiger partial charge in [-0.25, -0.2) is 5.01 Å². The van der Waals surface area contributed by atoms with Crippen LogP contribution < -0.4 is 10.7 Å². The van der Waals surface area contributed by atoms with Gasteiger partial charge in [0.1, 0.15) is 0 Å². The molecule has 2 N–H and O–H groups in total. The summed E-state index contributed by atoms with van der Waals surface area (Å²) in [6.07, 6.45) is 3.65. The van der Waals surface area contributed by atoms with Crippen molar-refractivity contribution in [1.82, 2.24) is 10.4 Å². The second-order valence-electron chi connectivity index (χ2n) is 5.74. The Kier molecular flexibility index (Phi) is 5.31. The van der Waals surface area contributed by atoms with Crippen LogP contribution in [0.25, 0.3) is 0 Å². The monoisotopic (exact) mass is 305 g/mol. The molecule has 1 aliphatic heterocycles. The highest BCUT2D eigenvalue weighted by atomic mass is 32.1. The van der Waals surface area contributed by atoms with Crippen LogP contribution in [-0.4, -0.2) is 28.0 Å². The lowest BCUT2D eigenvalue weighted by molar-refractivity contribution is 0.0750. The Morgan fingerprint density at radius 2 is 1.76 bits per heavy atom. The van der Waals surface area contributed by atoms with Gasteiger partial charge < -0.3 is 5.32 Å². The summed E-state index contributed by atoms with van der Waals surface area (Å²) >= 11 is 5.38. The lowest BCUT2D eigenvalue weighted by Crippen LogP contribution is -2.55. The number of rotatable bonds is 3. The largest absolute Gasteiger partial charge is 0.332 e. The number of anilines is 1. The number of ketones is 1. The van der Waals surface area contributed by atoms with E-state index in [2.05, 4.69) is 29.6 Å². The predicted octanol–water partition coefficient (Wildman–Crippen LogP) is 3.35. The Labute approximate surface area is 131 Å². The number of nitrogens with zero attached hydrogens (tertiary/aromatic N) is 1. The number of piperidine rings is 1. The Morgan fingerprint density at radius 1 is 1.19 bits per heavy atom. The van der Waals surface area contributed by atoms with Crippen molar-refractivity contribution in [3.63, 3.8) is 0 Å². The minimum absolute atomic E-state index is 0.0678. The molecular weight excluding hydrogens is 282 g/mol. The maximum Gasteiger partial charge on any atom is 0.185 e. The quantitative estimate of drug-likeness (QED) is 0.662. The summed E-state index contributed by atoms with van der Waals surface area (Å²) in [4.78, 5) is 11.2. The highest BCUT2D eigenvalue weighted by Gasteiger charge is 2.25. The fourth-order valence-corrected chi connectivity index (χ4v) is 2.93. The summed E-state index contributed by atoms with van der Waals surface area (Å²) in [5.41, 5.74) is 4.88. The van der Waals surface area contributed by atoms with E-state index in [0.717, 1.165) is 5.69 Å². The van der Waals surface area contributed by atoms with Crippen molar-refractivity contribution in [2.45, 2.75) is 52.1 Å². The number of hydrogen-bond donors (Lipinski definition) is 2. The molecule has 1 aliphatic rings. The number of carbonyl (C=O) groups is 1. The number of benzene rings is 1. The molecule has 0 aliphatic carbocycles. The van der Waals surface area contributed by atoms with Crippen molar-refractivity contribution < 1.29 is 4.79 Å². The minimum Gasteiger partial charge on any atom is -0.332 e. The van der Waals surface area contributed by atoms with Gasteiger partial charge in [-0.2, -0.15) is 0 Å². The first kappa shape index (κ1) is 15.9. The summed E-state index contributed by atoms with van der Waals surface area (Å²) in [6.45, 7) is 5.99. The summed E-state index contributed by atoms with van der Waals surface area (Å²) in [7, 11) is 0. The van der Waals surface area contributed by atoms with E-state index in [9.17, 15) is 4.79 Å². The Hall–Kier alpha value is -1.46. The van der Waals surface area contributed by atoms with Gasteiger partial charge in [-0.1, -0.05) is 6.42 Å². The van der Waals surface area contributed by atoms with Crippen molar-refractivity contribution in [2.24, 2.45) is 0 Å². The van der Waals surface area contributed by atoms with Crippen molar-refractivity contribution in [1.29, 1.82) is 0 Å². The molecule has 1 heterocycles. The number of Topliss-reactive ketones (excluding diaryl/α,β-unsaturated/α-hetero) is 1. The molecule has 0 bridgehead atoms. The fourth-order valence-electron chi connectivity index (χ4n) is 2.71. The van der Waals surface area contributed by atoms with Crippen LogP contribution in [0, 0.1) is 0 Å². The van der Waals surface area contributed by atoms with Crippen molar-refractivity contribution in [2.75, 3.05) is 5.32 Å². The molecule has 0 unspecified atom stereocenters. The second-order valence-corrected chi connectivity index (χ2v) is 6.14. The maximum absolute atomic E-state index is 11.2. The van der Waals surface area contributed by atoms with E-state index in [0.29, 0.717) is 22.8 Å². The maximum atomic E-state index is 11.2. The van der Waals surface area contributed by atoms with Gasteiger partial charge in [0, 0.05) is 23.3 Å². The summed E-state index contributed by atoms with van der Waals surface area (Å²) in [5.74, 6) is 0.0678. The summed E-state index contributed by atoms with van der Waals surface area (Å²) < 4.78 is 0. The minimum atomic E-state index is 0.0678. The number of hydrogen-bond acceptors (Lipinski definition) is 3. The normalized spacial score (nSPS) is 22.6. The van der Waals surface area contributed by atoms with Crippen LogP contribution in [0.3, 0.4) is 0 Å². The van der Waals surface area contributed by atoms with E-state index in [1.54, 1.807) is 19.1 Å². The van der Waals surface area contributed by atoms with Crippen molar-refractivity contribution >= 4 is 28.8 Å². The molecule has 5 heteroatoms. The molecule has 0 amide bonds. The van der Waals surface area contributed by atoms with Gasteiger partial charge in [-0.15, -0.1) is 0 Å². The van der Waals surface area contributed by atoms with E-state index in [1.807, 2.05) is 12.1 Å². The van der Waals surface area contributed by atoms with E-state index < -0.39 is 0 Å². The number of carbonyl (C=O) groups excluding carboxylic acids is 1. The van der Waals surface area contributed by atoms with Gasteiger partial charge in [0.05, 0.1) is 0 Å². The van der Waals surface area contributed by atoms with Gasteiger partial charge in [0.2, 0.25) is 0 Å². The van der Waals surface area contributed by atoms with Crippen molar-refractivity contribution in [3.8, 4) is 0 Å². The van der Waals surface area contributed by atoms with Gasteiger partial charge in [0.25, 0.3) is 0 Å². The second kappa shape index (κ2) is 7.00. The molecule has 2 atom stereocenters. The van der Waals surface area contributed by atoms with E-state index in [4.69, 9.17) is 12.2 Å². The molecule has 2 rings (SSSR count). The van der Waals surface area contributed by atoms with Gasteiger partial charge in [-0.05, 0) is 70.1 Å². The lowest BCUT2D eigenvalue weighted by Gasteiger charge is -2.39. The molecule has 1 fully saturated rings. The molecule has 114 valence electrons. The van der Waals surface area contributed by atoms with Gasteiger partial charge in [-0.3, -0.25) is 10.2 Å². The molecule has 0 spiro atoms. The Morgan fingerprint density at radius 3 is 2.29 bits per heavy atom. The van der Waals surface area contributed by atoms with E-state index in [1.165, 1.54) is 19.3 Å². The third kappa shape index (κ3) is 4.25. The Bertz CT molecular complexity index is 505. The van der Waals surface area contributed by atoms with Crippen LogP contribution in [0.1, 0.15) is 50.4 Å².